The van der Waals surface area contributed by atoms with Crippen molar-refractivity contribution in [3.8, 4) is 5.75 Å². The van der Waals surface area contributed by atoms with E-state index in [9.17, 15) is 4.79 Å². The summed E-state index contributed by atoms with van der Waals surface area (Å²) in [6.07, 6.45) is 3.66. The van der Waals surface area contributed by atoms with Crippen LogP contribution in [-0.2, 0) is 9.53 Å². The van der Waals surface area contributed by atoms with Gasteiger partial charge in [-0.2, -0.15) is 0 Å². The van der Waals surface area contributed by atoms with Crippen LogP contribution in [-0.4, -0.2) is 26.2 Å². The van der Waals surface area contributed by atoms with E-state index in [0.717, 1.165) is 12.3 Å². The number of nitrogens with one attached hydrogen (secondary N) is 1. The molecule has 0 aliphatic heterocycles. The molecule has 5 heteroatoms. The molecular formula is C14H20N2O3. The van der Waals surface area contributed by atoms with Crippen molar-refractivity contribution in [2.75, 3.05) is 31.4 Å². The Morgan fingerprint density at radius 2 is 2.26 bits per heavy atom. The summed E-state index contributed by atoms with van der Waals surface area (Å²) in [5, 5.41) is 2.72. The predicted molar refractivity (Wildman–Crippen MR) is 74.2 cm³/mol. The lowest BCUT2D eigenvalue weighted by molar-refractivity contribution is -0.120. The maximum absolute atomic E-state index is 11.7. The van der Waals surface area contributed by atoms with Crippen LogP contribution in [0.15, 0.2) is 18.2 Å². The number of carbonyl (C=O) groups excluding carboxylic acids is 1. The lowest BCUT2D eigenvalue weighted by atomic mass is 10.2. The van der Waals surface area contributed by atoms with Gasteiger partial charge in [0.1, 0.15) is 12.4 Å². The van der Waals surface area contributed by atoms with E-state index in [1.165, 1.54) is 12.8 Å². The number of rotatable bonds is 7. The first-order chi connectivity index (χ1) is 9.19. The van der Waals surface area contributed by atoms with Gasteiger partial charge in [0.25, 0.3) is 0 Å². The highest BCUT2D eigenvalue weighted by Gasteiger charge is 2.20. The van der Waals surface area contributed by atoms with Crippen molar-refractivity contribution in [1.29, 1.82) is 0 Å². The SMILES string of the molecule is COc1ccc(NC(=O)COCCC2CC2)c(N)c1. The van der Waals surface area contributed by atoms with Gasteiger partial charge in [-0.1, -0.05) is 12.8 Å². The van der Waals surface area contributed by atoms with Crippen LogP contribution in [0.4, 0.5) is 11.4 Å². The summed E-state index contributed by atoms with van der Waals surface area (Å²) in [5.74, 6) is 1.30. The van der Waals surface area contributed by atoms with Crippen LogP contribution < -0.4 is 15.8 Å². The van der Waals surface area contributed by atoms with Gasteiger partial charge in [0, 0.05) is 12.7 Å². The maximum Gasteiger partial charge on any atom is 0.250 e. The smallest absolute Gasteiger partial charge is 0.250 e. The molecular weight excluding hydrogens is 244 g/mol. The molecule has 1 aliphatic carbocycles. The molecule has 0 spiro atoms. The second-order valence-electron chi connectivity index (χ2n) is 4.79. The van der Waals surface area contributed by atoms with Crippen LogP contribution in [0.2, 0.25) is 0 Å². The lowest BCUT2D eigenvalue weighted by Gasteiger charge is -2.10. The van der Waals surface area contributed by atoms with Crippen LogP contribution in [0, 0.1) is 5.92 Å². The third kappa shape index (κ3) is 4.44. The number of hydrogen-bond donors (Lipinski definition) is 2. The third-order valence-electron chi connectivity index (χ3n) is 3.13. The summed E-state index contributed by atoms with van der Waals surface area (Å²) >= 11 is 0. The highest BCUT2D eigenvalue weighted by Crippen LogP contribution is 2.32. The Kier molecular flexibility index (Phi) is 4.63. The van der Waals surface area contributed by atoms with Gasteiger partial charge >= 0.3 is 0 Å². The zero-order valence-corrected chi connectivity index (χ0v) is 11.1. The van der Waals surface area contributed by atoms with Gasteiger partial charge in [0.2, 0.25) is 5.91 Å². The summed E-state index contributed by atoms with van der Waals surface area (Å²) in [6.45, 7) is 0.717. The zero-order valence-electron chi connectivity index (χ0n) is 11.1. The van der Waals surface area contributed by atoms with Gasteiger partial charge in [-0.25, -0.2) is 0 Å². The van der Waals surface area contributed by atoms with Crippen molar-refractivity contribution >= 4 is 17.3 Å². The molecule has 0 unspecified atom stereocenters. The van der Waals surface area contributed by atoms with Crippen molar-refractivity contribution < 1.29 is 14.3 Å². The minimum Gasteiger partial charge on any atom is -0.497 e. The summed E-state index contributed by atoms with van der Waals surface area (Å²) in [4.78, 5) is 11.7. The monoisotopic (exact) mass is 264 g/mol. The zero-order chi connectivity index (χ0) is 13.7. The van der Waals surface area contributed by atoms with Crippen LogP contribution in [0.5, 0.6) is 5.75 Å². The highest BCUT2D eigenvalue weighted by molar-refractivity contribution is 5.94. The van der Waals surface area contributed by atoms with Gasteiger partial charge in [0.05, 0.1) is 18.5 Å². The second-order valence-corrected chi connectivity index (χ2v) is 4.79. The molecule has 0 atom stereocenters. The fourth-order valence-electron chi connectivity index (χ4n) is 1.79. The quantitative estimate of drug-likeness (QED) is 0.584. The number of benzene rings is 1. The highest BCUT2D eigenvalue weighted by atomic mass is 16.5. The molecule has 0 bridgehead atoms. The van der Waals surface area contributed by atoms with Crippen molar-refractivity contribution in [2.24, 2.45) is 5.92 Å². The van der Waals surface area contributed by atoms with E-state index in [0.29, 0.717) is 23.7 Å². The molecule has 1 amide bonds. The van der Waals surface area contributed by atoms with Crippen molar-refractivity contribution in [3.63, 3.8) is 0 Å². The number of hydrogen-bond acceptors (Lipinski definition) is 4. The van der Waals surface area contributed by atoms with Gasteiger partial charge in [-0.3, -0.25) is 4.79 Å². The summed E-state index contributed by atoms with van der Waals surface area (Å²) in [5.41, 5.74) is 6.87. The third-order valence-corrected chi connectivity index (χ3v) is 3.13. The molecule has 19 heavy (non-hydrogen) atoms. The first-order valence-corrected chi connectivity index (χ1v) is 6.50. The minimum absolute atomic E-state index is 0.0676. The maximum atomic E-state index is 11.7. The van der Waals surface area contributed by atoms with Gasteiger partial charge in [-0.15, -0.1) is 0 Å². The van der Waals surface area contributed by atoms with E-state index in [2.05, 4.69) is 5.32 Å². The van der Waals surface area contributed by atoms with Crippen molar-refractivity contribution in [1.82, 2.24) is 0 Å². The average Bonchev–Trinajstić information content (AvgIpc) is 3.21. The van der Waals surface area contributed by atoms with E-state index in [-0.39, 0.29) is 12.5 Å². The van der Waals surface area contributed by atoms with E-state index in [1.807, 2.05) is 0 Å². The van der Waals surface area contributed by atoms with Gasteiger partial charge in [0.15, 0.2) is 0 Å². The number of nitrogens with two attached hydrogens (primary N) is 1. The average molecular weight is 264 g/mol. The topological polar surface area (TPSA) is 73.6 Å². The Balaban J connectivity index is 1.74. The molecule has 0 saturated heterocycles. The molecule has 1 fully saturated rings. The summed E-state index contributed by atoms with van der Waals surface area (Å²) < 4.78 is 10.4. The fourth-order valence-corrected chi connectivity index (χ4v) is 1.79. The van der Waals surface area contributed by atoms with Crippen LogP contribution in [0.1, 0.15) is 19.3 Å². The first kappa shape index (κ1) is 13.7. The Labute approximate surface area is 113 Å². The summed E-state index contributed by atoms with van der Waals surface area (Å²) in [7, 11) is 1.57. The van der Waals surface area contributed by atoms with Gasteiger partial charge in [-0.05, 0) is 24.5 Å². The van der Waals surface area contributed by atoms with Crippen LogP contribution >= 0.6 is 0 Å². The van der Waals surface area contributed by atoms with Gasteiger partial charge < -0.3 is 20.5 Å². The molecule has 1 aromatic carbocycles. The Hall–Kier alpha value is -1.75. The lowest BCUT2D eigenvalue weighted by Crippen LogP contribution is -2.19. The normalized spacial score (nSPS) is 14.2. The Bertz CT molecular complexity index is 444. The van der Waals surface area contributed by atoms with Crippen molar-refractivity contribution in [3.05, 3.63) is 18.2 Å². The van der Waals surface area contributed by atoms with Crippen LogP contribution in [0.25, 0.3) is 0 Å². The van der Waals surface area contributed by atoms with E-state index >= 15 is 0 Å². The molecule has 104 valence electrons. The standard InChI is InChI=1S/C14H20N2O3/c1-18-11-4-5-13(12(15)8-11)16-14(17)9-19-7-6-10-2-3-10/h4-5,8,10H,2-3,6-7,9,15H2,1H3,(H,16,17). The second kappa shape index (κ2) is 6.43. The van der Waals surface area contributed by atoms with E-state index in [4.69, 9.17) is 15.2 Å². The number of nitrogen functional groups attached to an aromatic ring is 1. The number of methoxy groups -OCH3 is 1. The van der Waals surface area contributed by atoms with Crippen molar-refractivity contribution in [2.45, 2.75) is 19.3 Å². The predicted octanol–water partition coefficient (Wildman–Crippen LogP) is 2.03. The van der Waals surface area contributed by atoms with Crippen LogP contribution in [0.3, 0.4) is 0 Å². The number of anilines is 2. The molecule has 0 aromatic heterocycles. The Morgan fingerprint density at radius 1 is 1.47 bits per heavy atom. The molecule has 1 aromatic rings. The molecule has 0 radical (unpaired) electrons. The summed E-state index contributed by atoms with van der Waals surface area (Å²) in [6, 6.07) is 5.14. The molecule has 0 heterocycles. The number of ether oxygens (including phenoxy) is 2. The number of amides is 1. The largest absolute Gasteiger partial charge is 0.497 e. The first-order valence-electron chi connectivity index (χ1n) is 6.50. The van der Waals surface area contributed by atoms with E-state index in [1.54, 1.807) is 25.3 Å². The fraction of sp³-hybridized carbons (Fsp3) is 0.500. The molecule has 2 rings (SSSR count). The number of carbonyl (C=O) groups is 1. The molecule has 5 nitrogen and oxygen atoms in total. The molecule has 3 N–H and O–H groups in total. The van der Waals surface area contributed by atoms with E-state index < -0.39 is 0 Å². The minimum atomic E-state index is -0.187. The molecule has 1 saturated carbocycles. The Morgan fingerprint density at radius 3 is 2.89 bits per heavy atom. The molecule has 1 aliphatic rings.